The SMILES string of the molecule is O=C(O)CC(CC(=O)NCCCn1ccnc1)c1cccs1. The van der Waals surface area contributed by atoms with Crippen LogP contribution in [-0.4, -0.2) is 33.1 Å². The predicted octanol–water partition coefficient (Wildman–Crippen LogP) is 2.10. The van der Waals surface area contributed by atoms with Crippen molar-refractivity contribution in [1.29, 1.82) is 0 Å². The Kier molecular flexibility index (Phi) is 6.14. The number of rotatable bonds is 9. The fraction of sp³-hybridized carbons (Fsp3) is 0.400. The second kappa shape index (κ2) is 8.33. The Morgan fingerprint density at radius 1 is 1.41 bits per heavy atom. The van der Waals surface area contributed by atoms with E-state index in [1.165, 1.54) is 11.3 Å². The molecule has 0 fully saturated rings. The summed E-state index contributed by atoms with van der Waals surface area (Å²) in [7, 11) is 0. The fourth-order valence-corrected chi connectivity index (χ4v) is 3.04. The van der Waals surface area contributed by atoms with E-state index in [1.807, 2.05) is 28.3 Å². The van der Waals surface area contributed by atoms with Crippen molar-refractivity contribution in [1.82, 2.24) is 14.9 Å². The summed E-state index contributed by atoms with van der Waals surface area (Å²) in [5.74, 6) is -1.25. The molecule has 0 saturated heterocycles. The maximum absolute atomic E-state index is 12.0. The molecule has 1 atom stereocenters. The number of thiophene rings is 1. The summed E-state index contributed by atoms with van der Waals surface area (Å²) in [5, 5.41) is 13.7. The number of carbonyl (C=O) groups excluding carboxylic acids is 1. The third-order valence-electron chi connectivity index (χ3n) is 3.27. The highest BCUT2D eigenvalue weighted by atomic mass is 32.1. The molecule has 1 unspecified atom stereocenters. The van der Waals surface area contributed by atoms with E-state index in [9.17, 15) is 9.59 Å². The molecule has 0 saturated carbocycles. The van der Waals surface area contributed by atoms with Gasteiger partial charge in [-0.05, 0) is 17.9 Å². The molecule has 0 bridgehead atoms. The number of aryl methyl sites for hydroxylation is 1. The smallest absolute Gasteiger partial charge is 0.304 e. The van der Waals surface area contributed by atoms with Gasteiger partial charge in [-0.15, -0.1) is 11.3 Å². The maximum atomic E-state index is 12.0. The van der Waals surface area contributed by atoms with Crippen LogP contribution >= 0.6 is 11.3 Å². The number of nitrogens with one attached hydrogen (secondary N) is 1. The first-order valence-electron chi connectivity index (χ1n) is 7.13. The molecule has 0 radical (unpaired) electrons. The van der Waals surface area contributed by atoms with Crippen molar-refractivity contribution >= 4 is 23.2 Å². The topological polar surface area (TPSA) is 84.2 Å². The van der Waals surface area contributed by atoms with Crippen LogP contribution in [0.4, 0.5) is 0 Å². The Hall–Kier alpha value is -2.15. The van der Waals surface area contributed by atoms with Gasteiger partial charge < -0.3 is 15.0 Å². The summed E-state index contributed by atoms with van der Waals surface area (Å²) >= 11 is 1.49. The number of carboxylic acids is 1. The molecule has 118 valence electrons. The first kappa shape index (κ1) is 16.2. The molecule has 2 N–H and O–H groups in total. The minimum Gasteiger partial charge on any atom is -0.481 e. The van der Waals surface area contributed by atoms with Crippen LogP contribution in [0.3, 0.4) is 0 Å². The average Bonchev–Trinajstić information content (AvgIpc) is 3.15. The lowest BCUT2D eigenvalue weighted by Gasteiger charge is -2.13. The van der Waals surface area contributed by atoms with Crippen molar-refractivity contribution in [3.63, 3.8) is 0 Å². The quantitative estimate of drug-likeness (QED) is 0.693. The molecule has 0 aromatic carbocycles. The number of aliphatic carboxylic acids is 1. The van der Waals surface area contributed by atoms with Gasteiger partial charge in [-0.3, -0.25) is 9.59 Å². The van der Waals surface area contributed by atoms with Crippen LogP contribution < -0.4 is 5.32 Å². The number of nitrogens with zero attached hydrogens (tertiary/aromatic N) is 2. The molecule has 2 aromatic rings. The number of imidazole rings is 1. The monoisotopic (exact) mass is 321 g/mol. The van der Waals surface area contributed by atoms with Gasteiger partial charge in [-0.25, -0.2) is 4.98 Å². The van der Waals surface area contributed by atoms with Crippen LogP contribution in [0.15, 0.2) is 36.2 Å². The minimum absolute atomic E-state index is 0.0248. The predicted molar refractivity (Wildman–Crippen MR) is 83.8 cm³/mol. The zero-order chi connectivity index (χ0) is 15.8. The molecule has 2 aromatic heterocycles. The van der Waals surface area contributed by atoms with E-state index in [0.717, 1.165) is 17.8 Å². The highest BCUT2D eigenvalue weighted by Crippen LogP contribution is 2.27. The lowest BCUT2D eigenvalue weighted by atomic mass is 9.99. The lowest BCUT2D eigenvalue weighted by Crippen LogP contribution is -2.27. The molecule has 6 nitrogen and oxygen atoms in total. The van der Waals surface area contributed by atoms with Gasteiger partial charge in [0.05, 0.1) is 12.7 Å². The summed E-state index contributed by atoms with van der Waals surface area (Å²) < 4.78 is 1.95. The Balaban J connectivity index is 1.74. The zero-order valence-electron chi connectivity index (χ0n) is 12.1. The van der Waals surface area contributed by atoms with Gasteiger partial charge in [-0.1, -0.05) is 6.07 Å². The highest BCUT2D eigenvalue weighted by molar-refractivity contribution is 7.10. The van der Waals surface area contributed by atoms with Crippen LogP contribution in [0.1, 0.15) is 30.1 Å². The first-order chi connectivity index (χ1) is 10.6. The normalized spacial score (nSPS) is 12.0. The third kappa shape index (κ3) is 5.33. The van der Waals surface area contributed by atoms with Crippen molar-refractivity contribution < 1.29 is 14.7 Å². The Bertz CT molecular complexity index is 581. The first-order valence-corrected chi connectivity index (χ1v) is 8.00. The fourth-order valence-electron chi connectivity index (χ4n) is 2.21. The van der Waals surface area contributed by atoms with Gasteiger partial charge in [0.15, 0.2) is 0 Å². The van der Waals surface area contributed by atoms with E-state index in [4.69, 9.17) is 5.11 Å². The van der Waals surface area contributed by atoms with Crippen molar-refractivity contribution in [2.45, 2.75) is 31.7 Å². The van der Waals surface area contributed by atoms with Gasteiger partial charge >= 0.3 is 5.97 Å². The highest BCUT2D eigenvalue weighted by Gasteiger charge is 2.20. The van der Waals surface area contributed by atoms with E-state index in [-0.39, 0.29) is 24.7 Å². The van der Waals surface area contributed by atoms with Gasteiger partial charge in [0.25, 0.3) is 0 Å². The van der Waals surface area contributed by atoms with Crippen LogP contribution in [0.25, 0.3) is 0 Å². The van der Waals surface area contributed by atoms with Crippen LogP contribution in [0, 0.1) is 0 Å². The molecule has 0 aliphatic heterocycles. The average molecular weight is 321 g/mol. The van der Waals surface area contributed by atoms with E-state index >= 15 is 0 Å². The van der Waals surface area contributed by atoms with E-state index in [0.29, 0.717) is 6.54 Å². The Morgan fingerprint density at radius 2 is 2.27 bits per heavy atom. The van der Waals surface area contributed by atoms with Crippen LogP contribution in [0.2, 0.25) is 0 Å². The summed E-state index contributed by atoms with van der Waals surface area (Å²) in [6, 6.07) is 3.75. The van der Waals surface area contributed by atoms with Gasteiger partial charge in [0.1, 0.15) is 0 Å². The molecule has 0 aliphatic carbocycles. The molecule has 2 heterocycles. The minimum atomic E-state index is -0.883. The van der Waals surface area contributed by atoms with Crippen LogP contribution in [0.5, 0.6) is 0 Å². The zero-order valence-corrected chi connectivity index (χ0v) is 13.0. The van der Waals surface area contributed by atoms with Crippen molar-refractivity contribution in [2.24, 2.45) is 0 Å². The molecule has 0 spiro atoms. The van der Waals surface area contributed by atoms with E-state index in [1.54, 1.807) is 12.5 Å². The van der Waals surface area contributed by atoms with E-state index < -0.39 is 5.97 Å². The van der Waals surface area contributed by atoms with Gasteiger partial charge in [-0.2, -0.15) is 0 Å². The van der Waals surface area contributed by atoms with Crippen LogP contribution in [-0.2, 0) is 16.1 Å². The van der Waals surface area contributed by atoms with Crippen molar-refractivity contribution in [3.05, 3.63) is 41.1 Å². The largest absolute Gasteiger partial charge is 0.481 e. The number of carbonyl (C=O) groups is 2. The van der Waals surface area contributed by atoms with Gasteiger partial charge in [0.2, 0.25) is 5.91 Å². The standard InChI is InChI=1S/C15H19N3O3S/c19-14(17-4-2-6-18-7-5-16-11-18)9-12(10-15(20)21)13-3-1-8-22-13/h1,3,5,7-8,11-12H,2,4,6,9-10H2,(H,17,19)(H,20,21). The van der Waals surface area contributed by atoms with Crippen molar-refractivity contribution in [3.8, 4) is 0 Å². The third-order valence-corrected chi connectivity index (χ3v) is 4.31. The lowest BCUT2D eigenvalue weighted by molar-refractivity contribution is -0.137. The van der Waals surface area contributed by atoms with E-state index in [2.05, 4.69) is 10.3 Å². The number of amides is 1. The molecule has 22 heavy (non-hydrogen) atoms. The number of hydrogen-bond donors (Lipinski definition) is 2. The molecule has 1 amide bonds. The second-order valence-electron chi connectivity index (χ2n) is 5.02. The Labute approximate surface area is 132 Å². The summed E-state index contributed by atoms with van der Waals surface area (Å²) in [5.41, 5.74) is 0. The van der Waals surface area contributed by atoms with Crippen molar-refractivity contribution in [2.75, 3.05) is 6.54 Å². The van der Waals surface area contributed by atoms with Gasteiger partial charge in [0, 0.05) is 42.7 Å². The molecular weight excluding hydrogens is 302 g/mol. The molecule has 0 aliphatic rings. The molecular formula is C15H19N3O3S. The summed E-state index contributed by atoms with van der Waals surface area (Å²) in [6.45, 7) is 1.37. The summed E-state index contributed by atoms with van der Waals surface area (Å²) in [4.78, 5) is 27.8. The Morgan fingerprint density at radius 3 is 2.91 bits per heavy atom. The number of aromatic nitrogens is 2. The second-order valence-corrected chi connectivity index (χ2v) is 6.00. The summed E-state index contributed by atoms with van der Waals surface area (Å²) in [6.07, 6.45) is 6.32. The maximum Gasteiger partial charge on any atom is 0.304 e. The molecule has 2 rings (SSSR count). The molecule has 7 heteroatoms. The number of hydrogen-bond acceptors (Lipinski definition) is 4. The number of carboxylic acid groups (broad SMARTS) is 1.